The molecule has 1 atom stereocenters. The van der Waals surface area contributed by atoms with E-state index < -0.39 is 0 Å². The Hall–Kier alpha value is -2.21. The highest BCUT2D eigenvalue weighted by Crippen LogP contribution is 2.21. The molecule has 1 aliphatic rings. The maximum Gasteiger partial charge on any atom is 0.253 e. The second-order valence-electron chi connectivity index (χ2n) is 6.31. The number of piperidine rings is 1. The first-order valence-corrected chi connectivity index (χ1v) is 9.10. The number of aryl methyl sites for hydroxylation is 1. The summed E-state index contributed by atoms with van der Waals surface area (Å²) in [6.45, 7) is 3.06. The van der Waals surface area contributed by atoms with Gasteiger partial charge in [0, 0.05) is 29.3 Å². The molecule has 2 amide bonds. The standard InChI is InChI=1S/C19H20BrN3O2/c1-13-7-8-17(21-11-13)22-18(24)15-5-3-9-23(12-15)19(25)14-4-2-6-16(20)10-14/h2,4,6-8,10-11,15H,3,5,9,12H2,1H3,(H,21,22,24). The van der Waals surface area contributed by atoms with E-state index in [4.69, 9.17) is 0 Å². The van der Waals surface area contributed by atoms with E-state index in [0.717, 1.165) is 22.9 Å². The summed E-state index contributed by atoms with van der Waals surface area (Å²) in [5.41, 5.74) is 1.68. The third kappa shape index (κ3) is 4.45. The van der Waals surface area contributed by atoms with Gasteiger partial charge in [0.05, 0.1) is 5.92 Å². The summed E-state index contributed by atoms with van der Waals surface area (Å²) in [5, 5.41) is 2.85. The van der Waals surface area contributed by atoms with Crippen LogP contribution in [0.4, 0.5) is 5.82 Å². The first-order chi connectivity index (χ1) is 12.0. The van der Waals surface area contributed by atoms with Crippen molar-refractivity contribution in [1.29, 1.82) is 0 Å². The fourth-order valence-electron chi connectivity index (χ4n) is 2.95. The van der Waals surface area contributed by atoms with Gasteiger partial charge in [0.2, 0.25) is 5.91 Å². The Labute approximate surface area is 155 Å². The number of amides is 2. The lowest BCUT2D eigenvalue weighted by molar-refractivity contribution is -0.121. The zero-order chi connectivity index (χ0) is 17.8. The molecule has 130 valence electrons. The number of nitrogens with one attached hydrogen (secondary N) is 1. The van der Waals surface area contributed by atoms with Gasteiger partial charge in [-0.1, -0.05) is 28.1 Å². The molecule has 0 spiro atoms. The first-order valence-electron chi connectivity index (χ1n) is 8.31. The molecule has 2 heterocycles. The number of nitrogens with zero attached hydrogens (tertiary/aromatic N) is 2. The summed E-state index contributed by atoms with van der Waals surface area (Å²) in [4.78, 5) is 31.2. The average Bonchev–Trinajstić information content (AvgIpc) is 2.63. The van der Waals surface area contributed by atoms with Crippen molar-refractivity contribution in [1.82, 2.24) is 9.88 Å². The maximum atomic E-state index is 12.7. The molecule has 0 aliphatic carbocycles. The van der Waals surface area contributed by atoms with E-state index >= 15 is 0 Å². The number of hydrogen-bond acceptors (Lipinski definition) is 3. The molecule has 1 unspecified atom stereocenters. The monoisotopic (exact) mass is 401 g/mol. The van der Waals surface area contributed by atoms with Crippen LogP contribution < -0.4 is 5.32 Å². The van der Waals surface area contributed by atoms with Crippen LogP contribution in [0.2, 0.25) is 0 Å². The summed E-state index contributed by atoms with van der Waals surface area (Å²) in [6.07, 6.45) is 3.32. The summed E-state index contributed by atoms with van der Waals surface area (Å²) >= 11 is 3.39. The van der Waals surface area contributed by atoms with Crippen LogP contribution in [0.25, 0.3) is 0 Å². The third-order valence-electron chi connectivity index (χ3n) is 4.31. The molecular weight excluding hydrogens is 382 g/mol. The highest BCUT2D eigenvalue weighted by molar-refractivity contribution is 9.10. The largest absolute Gasteiger partial charge is 0.338 e. The number of halogens is 1. The Bertz CT molecular complexity index is 776. The summed E-state index contributed by atoms with van der Waals surface area (Å²) in [5.74, 6) is 0.217. The number of likely N-dealkylation sites (tertiary alicyclic amines) is 1. The van der Waals surface area contributed by atoms with Gasteiger partial charge in [-0.3, -0.25) is 9.59 Å². The highest BCUT2D eigenvalue weighted by Gasteiger charge is 2.29. The molecule has 1 N–H and O–H groups in total. The van der Waals surface area contributed by atoms with Crippen LogP contribution in [0.3, 0.4) is 0 Å². The van der Waals surface area contributed by atoms with Crippen molar-refractivity contribution in [2.45, 2.75) is 19.8 Å². The Morgan fingerprint density at radius 2 is 2.12 bits per heavy atom. The minimum atomic E-state index is -0.215. The Morgan fingerprint density at radius 1 is 1.28 bits per heavy atom. The van der Waals surface area contributed by atoms with Crippen molar-refractivity contribution in [2.24, 2.45) is 5.92 Å². The molecule has 3 rings (SSSR count). The van der Waals surface area contributed by atoms with Gasteiger partial charge in [0.15, 0.2) is 0 Å². The molecule has 1 aliphatic heterocycles. The predicted octanol–water partition coefficient (Wildman–Crippen LogP) is 3.64. The van der Waals surface area contributed by atoms with Crippen LogP contribution in [0.15, 0.2) is 47.1 Å². The van der Waals surface area contributed by atoms with Crippen LogP contribution in [0.5, 0.6) is 0 Å². The number of aromatic nitrogens is 1. The second-order valence-corrected chi connectivity index (χ2v) is 7.23. The second kappa shape index (κ2) is 7.78. The van der Waals surface area contributed by atoms with E-state index in [1.165, 1.54) is 0 Å². The summed E-state index contributed by atoms with van der Waals surface area (Å²) in [7, 11) is 0. The SMILES string of the molecule is Cc1ccc(NC(=O)C2CCCN(C(=O)c3cccc(Br)c3)C2)nc1. The smallest absolute Gasteiger partial charge is 0.253 e. The van der Waals surface area contributed by atoms with Crippen molar-refractivity contribution < 1.29 is 9.59 Å². The fraction of sp³-hybridized carbons (Fsp3) is 0.316. The van der Waals surface area contributed by atoms with Crippen LogP contribution >= 0.6 is 15.9 Å². The Kier molecular flexibility index (Phi) is 5.48. The molecule has 1 aromatic carbocycles. The van der Waals surface area contributed by atoms with Crippen LogP contribution in [0, 0.1) is 12.8 Å². The quantitative estimate of drug-likeness (QED) is 0.853. The van der Waals surface area contributed by atoms with Crippen LogP contribution in [-0.4, -0.2) is 34.8 Å². The molecule has 1 fully saturated rings. The molecule has 0 saturated carbocycles. The predicted molar refractivity (Wildman–Crippen MR) is 100 cm³/mol. The van der Waals surface area contributed by atoms with Crippen LogP contribution in [-0.2, 0) is 4.79 Å². The molecule has 1 aromatic heterocycles. The van der Waals surface area contributed by atoms with Gasteiger partial charge in [0.1, 0.15) is 5.82 Å². The summed E-state index contributed by atoms with van der Waals surface area (Å²) < 4.78 is 0.870. The van der Waals surface area contributed by atoms with Crippen molar-refractivity contribution in [2.75, 3.05) is 18.4 Å². The van der Waals surface area contributed by atoms with E-state index in [2.05, 4.69) is 26.2 Å². The lowest BCUT2D eigenvalue weighted by Gasteiger charge is -2.32. The molecular formula is C19H20BrN3O2. The molecule has 6 heteroatoms. The molecule has 2 aromatic rings. The van der Waals surface area contributed by atoms with Crippen molar-refractivity contribution in [3.05, 3.63) is 58.2 Å². The Morgan fingerprint density at radius 3 is 2.84 bits per heavy atom. The molecule has 25 heavy (non-hydrogen) atoms. The van der Waals surface area contributed by atoms with Gasteiger partial charge in [-0.15, -0.1) is 0 Å². The maximum absolute atomic E-state index is 12.7. The minimum absolute atomic E-state index is 0.0349. The lowest BCUT2D eigenvalue weighted by atomic mass is 9.96. The van der Waals surface area contributed by atoms with Gasteiger partial charge >= 0.3 is 0 Å². The first kappa shape index (κ1) is 17.6. The van der Waals surface area contributed by atoms with E-state index in [-0.39, 0.29) is 17.7 Å². The minimum Gasteiger partial charge on any atom is -0.338 e. The molecule has 1 saturated heterocycles. The van der Waals surface area contributed by atoms with Crippen LogP contribution in [0.1, 0.15) is 28.8 Å². The van der Waals surface area contributed by atoms with Gasteiger partial charge in [-0.2, -0.15) is 0 Å². The van der Waals surface area contributed by atoms with E-state index in [9.17, 15) is 9.59 Å². The number of hydrogen-bond donors (Lipinski definition) is 1. The third-order valence-corrected chi connectivity index (χ3v) is 4.81. The van der Waals surface area contributed by atoms with Crippen molar-refractivity contribution in [3.8, 4) is 0 Å². The van der Waals surface area contributed by atoms with Gasteiger partial charge in [-0.25, -0.2) is 4.98 Å². The molecule has 0 bridgehead atoms. The zero-order valence-electron chi connectivity index (χ0n) is 14.0. The lowest BCUT2D eigenvalue weighted by Crippen LogP contribution is -2.43. The van der Waals surface area contributed by atoms with E-state index in [1.807, 2.05) is 31.2 Å². The normalized spacial score (nSPS) is 17.2. The fourth-order valence-corrected chi connectivity index (χ4v) is 3.35. The summed E-state index contributed by atoms with van der Waals surface area (Å²) in [6, 6.07) is 11.0. The number of benzene rings is 1. The zero-order valence-corrected chi connectivity index (χ0v) is 15.6. The van der Waals surface area contributed by atoms with Gasteiger partial charge < -0.3 is 10.2 Å². The van der Waals surface area contributed by atoms with Gasteiger partial charge in [-0.05, 0) is 49.6 Å². The van der Waals surface area contributed by atoms with Crippen molar-refractivity contribution >= 4 is 33.6 Å². The highest BCUT2D eigenvalue weighted by atomic mass is 79.9. The Balaban J connectivity index is 1.65. The number of carbonyl (C=O) groups is 2. The number of anilines is 1. The topological polar surface area (TPSA) is 62.3 Å². The number of rotatable bonds is 3. The van der Waals surface area contributed by atoms with E-state index in [1.54, 1.807) is 23.2 Å². The number of pyridine rings is 1. The van der Waals surface area contributed by atoms with Crippen molar-refractivity contribution in [3.63, 3.8) is 0 Å². The average molecular weight is 402 g/mol. The van der Waals surface area contributed by atoms with Gasteiger partial charge in [0.25, 0.3) is 5.91 Å². The number of carbonyl (C=O) groups excluding carboxylic acids is 2. The molecule has 5 nitrogen and oxygen atoms in total. The molecule has 0 radical (unpaired) electrons. The van der Waals surface area contributed by atoms with E-state index in [0.29, 0.717) is 24.5 Å².